The van der Waals surface area contributed by atoms with E-state index in [0.29, 0.717) is 23.7 Å². The standard InChI is InChI=1S/C22H22N4O2S/c23-13-15-5-1-3-7-17(15)28-21-20-16-6-2-4-8-18(16)29-22(20)25-19(24-21)14-26-9-11-27-12-10-26/h1,3,5,7H,2,4,6,8-12,14H2. The zero-order valence-electron chi connectivity index (χ0n) is 16.2. The summed E-state index contributed by atoms with van der Waals surface area (Å²) in [5.41, 5.74) is 1.84. The predicted octanol–water partition coefficient (Wildman–Crippen LogP) is 4.07. The van der Waals surface area contributed by atoms with E-state index >= 15 is 0 Å². The molecule has 148 valence electrons. The maximum atomic E-state index is 9.45. The zero-order chi connectivity index (χ0) is 19.6. The molecule has 1 aliphatic carbocycles. The number of hydrogen-bond donors (Lipinski definition) is 0. The van der Waals surface area contributed by atoms with Crippen molar-refractivity contribution < 1.29 is 9.47 Å². The van der Waals surface area contributed by atoms with Gasteiger partial charge >= 0.3 is 0 Å². The van der Waals surface area contributed by atoms with E-state index in [4.69, 9.17) is 19.4 Å². The van der Waals surface area contributed by atoms with E-state index in [1.54, 1.807) is 17.4 Å². The third-order valence-electron chi connectivity index (χ3n) is 5.51. The molecule has 3 heterocycles. The van der Waals surface area contributed by atoms with Crippen LogP contribution in [-0.2, 0) is 24.1 Å². The summed E-state index contributed by atoms with van der Waals surface area (Å²) in [6.45, 7) is 3.94. The molecule has 2 aliphatic rings. The Morgan fingerprint density at radius 1 is 1.14 bits per heavy atom. The highest BCUT2D eigenvalue weighted by molar-refractivity contribution is 7.18. The van der Waals surface area contributed by atoms with Crippen molar-refractivity contribution in [2.45, 2.75) is 32.2 Å². The highest BCUT2D eigenvalue weighted by atomic mass is 32.1. The van der Waals surface area contributed by atoms with E-state index in [1.165, 1.54) is 23.3 Å². The Morgan fingerprint density at radius 3 is 2.83 bits per heavy atom. The number of benzene rings is 1. The van der Waals surface area contributed by atoms with E-state index in [9.17, 15) is 5.26 Å². The summed E-state index contributed by atoms with van der Waals surface area (Å²) in [5.74, 6) is 1.89. The fourth-order valence-corrected chi connectivity index (χ4v) is 5.29. The maximum Gasteiger partial charge on any atom is 0.231 e. The van der Waals surface area contributed by atoms with Gasteiger partial charge < -0.3 is 9.47 Å². The molecule has 0 bridgehead atoms. The summed E-state index contributed by atoms with van der Waals surface area (Å²) in [4.78, 5) is 14.4. The summed E-state index contributed by atoms with van der Waals surface area (Å²) in [5, 5.41) is 10.5. The second kappa shape index (κ2) is 8.07. The second-order valence-corrected chi connectivity index (χ2v) is 8.52. The van der Waals surface area contributed by atoms with Gasteiger partial charge in [-0.1, -0.05) is 12.1 Å². The topological polar surface area (TPSA) is 71.3 Å². The first-order valence-corrected chi connectivity index (χ1v) is 10.9. The average Bonchev–Trinajstić information content (AvgIpc) is 3.13. The molecule has 1 fully saturated rings. The number of rotatable bonds is 4. The number of aryl methyl sites for hydroxylation is 2. The Balaban J connectivity index is 1.58. The number of nitriles is 1. The molecule has 0 unspecified atom stereocenters. The molecule has 0 atom stereocenters. The van der Waals surface area contributed by atoms with Crippen molar-refractivity contribution in [1.29, 1.82) is 5.26 Å². The highest BCUT2D eigenvalue weighted by Gasteiger charge is 2.23. The SMILES string of the molecule is N#Cc1ccccc1Oc1nc(CN2CCOCC2)nc2sc3c(c12)CCCC3. The lowest BCUT2D eigenvalue weighted by Gasteiger charge is -2.25. The van der Waals surface area contributed by atoms with E-state index in [0.717, 1.165) is 55.2 Å². The van der Waals surface area contributed by atoms with E-state index in [-0.39, 0.29) is 0 Å². The molecule has 2 aromatic heterocycles. The number of ether oxygens (including phenoxy) is 2. The van der Waals surface area contributed by atoms with Crippen LogP contribution in [0.1, 0.15) is 34.7 Å². The van der Waals surface area contributed by atoms with Crippen molar-refractivity contribution in [2.24, 2.45) is 0 Å². The molecule has 29 heavy (non-hydrogen) atoms. The van der Waals surface area contributed by atoms with E-state index in [1.807, 2.05) is 18.2 Å². The first kappa shape index (κ1) is 18.5. The second-order valence-electron chi connectivity index (χ2n) is 7.43. The van der Waals surface area contributed by atoms with Gasteiger partial charge in [0.05, 0.1) is 30.7 Å². The minimum atomic E-state index is 0.512. The third-order valence-corrected chi connectivity index (χ3v) is 6.70. The van der Waals surface area contributed by atoms with E-state index in [2.05, 4.69) is 11.0 Å². The molecule has 0 radical (unpaired) electrons. The van der Waals surface area contributed by atoms with Gasteiger partial charge in [0.15, 0.2) is 0 Å². The van der Waals surface area contributed by atoms with Gasteiger partial charge in [-0.3, -0.25) is 4.90 Å². The fourth-order valence-electron chi connectivity index (χ4n) is 4.02. The summed E-state index contributed by atoms with van der Waals surface area (Å²) in [7, 11) is 0. The lowest BCUT2D eigenvalue weighted by atomic mass is 9.97. The van der Waals surface area contributed by atoms with Gasteiger partial charge in [0.2, 0.25) is 5.88 Å². The van der Waals surface area contributed by atoms with Crippen molar-refractivity contribution in [3.05, 3.63) is 46.1 Å². The molecule has 5 rings (SSSR count). The van der Waals surface area contributed by atoms with E-state index < -0.39 is 0 Å². The normalized spacial score (nSPS) is 17.1. The number of aromatic nitrogens is 2. The van der Waals surface area contributed by atoms with Gasteiger partial charge in [-0.15, -0.1) is 11.3 Å². The molecular weight excluding hydrogens is 384 g/mol. The Hall–Kier alpha value is -2.53. The van der Waals surface area contributed by atoms with Crippen LogP contribution in [0.25, 0.3) is 10.2 Å². The molecule has 7 heteroatoms. The summed E-state index contributed by atoms with van der Waals surface area (Å²) in [6, 6.07) is 9.53. The Bertz CT molecular complexity index is 1080. The minimum absolute atomic E-state index is 0.512. The lowest BCUT2D eigenvalue weighted by molar-refractivity contribution is 0.0330. The number of morpholine rings is 1. The number of hydrogen-bond acceptors (Lipinski definition) is 7. The minimum Gasteiger partial charge on any atom is -0.437 e. The number of fused-ring (bicyclic) bond motifs is 3. The molecule has 1 aromatic carbocycles. The van der Waals surface area contributed by atoms with Crippen molar-refractivity contribution in [3.63, 3.8) is 0 Å². The molecule has 0 saturated carbocycles. The average molecular weight is 407 g/mol. The largest absolute Gasteiger partial charge is 0.437 e. The Kier molecular flexibility index (Phi) is 5.15. The van der Waals surface area contributed by atoms with Crippen molar-refractivity contribution >= 4 is 21.6 Å². The monoisotopic (exact) mass is 406 g/mol. The fraction of sp³-hybridized carbons (Fsp3) is 0.409. The van der Waals surface area contributed by atoms with Gasteiger partial charge in [0.25, 0.3) is 0 Å². The molecule has 0 spiro atoms. The van der Waals surface area contributed by atoms with Crippen LogP contribution in [0, 0.1) is 11.3 Å². The van der Waals surface area contributed by atoms with Crippen LogP contribution in [0.5, 0.6) is 11.6 Å². The smallest absolute Gasteiger partial charge is 0.231 e. The van der Waals surface area contributed by atoms with Crippen LogP contribution >= 0.6 is 11.3 Å². The number of thiophene rings is 1. The molecule has 3 aromatic rings. The van der Waals surface area contributed by atoms with Gasteiger partial charge in [-0.25, -0.2) is 4.98 Å². The highest BCUT2D eigenvalue weighted by Crippen LogP contribution is 2.41. The van der Waals surface area contributed by atoms with Gasteiger partial charge in [0, 0.05) is 18.0 Å². The third kappa shape index (κ3) is 3.71. The molecule has 0 N–H and O–H groups in total. The van der Waals surface area contributed by atoms with Crippen LogP contribution in [0.4, 0.5) is 0 Å². The summed E-state index contributed by atoms with van der Waals surface area (Å²) in [6.07, 6.45) is 4.55. The quantitative estimate of drug-likeness (QED) is 0.651. The number of nitrogens with zero attached hydrogens (tertiary/aromatic N) is 4. The van der Waals surface area contributed by atoms with Gasteiger partial charge in [-0.05, 0) is 43.4 Å². The molecule has 0 amide bonds. The van der Waals surface area contributed by atoms with Gasteiger partial charge in [-0.2, -0.15) is 10.2 Å². The van der Waals surface area contributed by atoms with Crippen LogP contribution in [-0.4, -0.2) is 41.2 Å². The van der Waals surface area contributed by atoms with Gasteiger partial charge in [0.1, 0.15) is 22.5 Å². The van der Waals surface area contributed by atoms with Crippen molar-refractivity contribution in [3.8, 4) is 17.7 Å². The van der Waals surface area contributed by atoms with Crippen molar-refractivity contribution in [2.75, 3.05) is 26.3 Å². The Labute approximate surface area is 173 Å². The van der Waals surface area contributed by atoms with Crippen LogP contribution in [0.2, 0.25) is 0 Å². The number of para-hydroxylation sites is 1. The molecular formula is C22H22N4O2S. The van der Waals surface area contributed by atoms with Crippen LogP contribution in [0.15, 0.2) is 24.3 Å². The van der Waals surface area contributed by atoms with Crippen LogP contribution < -0.4 is 4.74 Å². The lowest BCUT2D eigenvalue weighted by Crippen LogP contribution is -2.36. The molecule has 1 saturated heterocycles. The summed E-state index contributed by atoms with van der Waals surface area (Å²) >= 11 is 1.77. The summed E-state index contributed by atoms with van der Waals surface area (Å²) < 4.78 is 11.7. The van der Waals surface area contributed by atoms with Crippen molar-refractivity contribution in [1.82, 2.24) is 14.9 Å². The Morgan fingerprint density at radius 2 is 1.97 bits per heavy atom. The van der Waals surface area contributed by atoms with Crippen LogP contribution in [0.3, 0.4) is 0 Å². The first-order valence-electron chi connectivity index (χ1n) is 10.1. The molecule has 1 aliphatic heterocycles. The zero-order valence-corrected chi connectivity index (χ0v) is 17.0. The maximum absolute atomic E-state index is 9.45. The predicted molar refractivity (Wildman–Crippen MR) is 111 cm³/mol. The molecule has 6 nitrogen and oxygen atoms in total. The first-order chi connectivity index (χ1) is 14.3.